The van der Waals surface area contributed by atoms with Gasteiger partial charge in [-0.15, -0.1) is 11.3 Å². The summed E-state index contributed by atoms with van der Waals surface area (Å²) in [5.41, 5.74) is 0.261. The van der Waals surface area contributed by atoms with Gasteiger partial charge in [-0.3, -0.25) is 14.4 Å². The van der Waals surface area contributed by atoms with Gasteiger partial charge in [0, 0.05) is 36.2 Å². The van der Waals surface area contributed by atoms with Crippen LogP contribution in [-0.4, -0.2) is 54.4 Å². The van der Waals surface area contributed by atoms with Crippen LogP contribution in [0.3, 0.4) is 0 Å². The van der Waals surface area contributed by atoms with Gasteiger partial charge in [0.2, 0.25) is 11.8 Å². The lowest BCUT2D eigenvalue weighted by Crippen LogP contribution is -2.40. The second-order valence-corrected chi connectivity index (χ2v) is 9.36. The van der Waals surface area contributed by atoms with Crippen molar-refractivity contribution in [3.63, 3.8) is 0 Å². The van der Waals surface area contributed by atoms with Crippen molar-refractivity contribution in [3.05, 3.63) is 81.3 Å². The highest BCUT2D eigenvalue weighted by molar-refractivity contribution is 7.13. The number of carbonyl (C=O) groups is 3. The molecule has 38 heavy (non-hydrogen) atoms. The molecule has 8 nitrogen and oxygen atoms in total. The molecule has 2 N–H and O–H groups in total. The molecule has 3 aromatic rings. The first-order valence-corrected chi connectivity index (χ1v) is 12.5. The molecule has 0 unspecified atom stereocenters. The van der Waals surface area contributed by atoms with Crippen LogP contribution in [-0.2, 0) is 33.5 Å². The third-order valence-corrected chi connectivity index (χ3v) is 6.22. The number of alkyl halides is 3. The number of aromatic nitrogens is 1. The van der Waals surface area contributed by atoms with Crippen LogP contribution in [0.2, 0.25) is 5.02 Å². The van der Waals surface area contributed by atoms with E-state index in [0.29, 0.717) is 21.8 Å². The van der Waals surface area contributed by atoms with Crippen LogP contribution in [0.1, 0.15) is 27.2 Å². The fraction of sp³-hybridized carbons (Fsp3) is 0.280. The van der Waals surface area contributed by atoms with Gasteiger partial charge in [-0.1, -0.05) is 23.7 Å². The summed E-state index contributed by atoms with van der Waals surface area (Å²) in [6.45, 7) is 0.0802. The largest absolute Gasteiger partial charge is 0.416 e. The molecule has 1 heterocycles. The van der Waals surface area contributed by atoms with Crippen LogP contribution in [0.4, 0.5) is 18.3 Å². The number of benzene rings is 2. The molecule has 0 fully saturated rings. The molecule has 0 aliphatic heterocycles. The maximum Gasteiger partial charge on any atom is 0.416 e. The number of amides is 3. The first-order valence-electron chi connectivity index (χ1n) is 11.3. The average Bonchev–Trinajstić information content (AvgIpc) is 3.31. The van der Waals surface area contributed by atoms with E-state index in [0.717, 1.165) is 23.5 Å². The first kappa shape index (κ1) is 29.1. The number of rotatable bonds is 11. The summed E-state index contributed by atoms with van der Waals surface area (Å²) in [5, 5.41) is 7.47. The SMILES string of the molecule is COCCN(CC(=O)Nc1nc(CC(=O)NCc2cccc(C(F)(F)F)c2)cs1)C(=O)c1ccc(Cl)cc1. The highest BCUT2D eigenvalue weighted by atomic mass is 35.5. The molecular formula is C25H24ClF3N4O4S. The van der Waals surface area contributed by atoms with Crippen molar-refractivity contribution in [2.45, 2.75) is 19.1 Å². The maximum atomic E-state index is 12.8. The van der Waals surface area contributed by atoms with Gasteiger partial charge >= 0.3 is 6.18 Å². The van der Waals surface area contributed by atoms with Gasteiger partial charge in [0.15, 0.2) is 5.13 Å². The Bertz CT molecular complexity index is 1270. The van der Waals surface area contributed by atoms with Gasteiger partial charge < -0.3 is 20.3 Å². The van der Waals surface area contributed by atoms with Gasteiger partial charge in [0.1, 0.15) is 6.54 Å². The standard InChI is InChI=1S/C25H24ClF3N4O4S/c1-37-10-9-33(23(36)17-5-7-19(26)8-6-17)14-22(35)32-24-31-20(15-38-24)12-21(34)30-13-16-3-2-4-18(11-16)25(27,28)29/h2-8,11,15H,9-10,12-14H2,1H3,(H,30,34)(H,31,32,35). The summed E-state index contributed by atoms with van der Waals surface area (Å²) in [5.74, 6) is -1.30. The van der Waals surface area contributed by atoms with Gasteiger partial charge in [0.05, 0.1) is 24.3 Å². The Morgan fingerprint density at radius 1 is 1.11 bits per heavy atom. The smallest absolute Gasteiger partial charge is 0.383 e. The maximum absolute atomic E-state index is 12.8. The average molecular weight is 569 g/mol. The Hall–Kier alpha value is -3.48. The Balaban J connectivity index is 1.53. The van der Waals surface area contributed by atoms with Crippen LogP contribution < -0.4 is 10.6 Å². The lowest BCUT2D eigenvalue weighted by atomic mass is 10.1. The molecular weight excluding hydrogens is 545 g/mol. The molecule has 0 saturated carbocycles. The van der Waals surface area contributed by atoms with Crippen molar-refractivity contribution in [1.82, 2.24) is 15.2 Å². The summed E-state index contributed by atoms with van der Waals surface area (Å²) >= 11 is 6.98. The summed E-state index contributed by atoms with van der Waals surface area (Å²) in [4.78, 5) is 43.2. The van der Waals surface area contributed by atoms with Crippen LogP contribution in [0, 0.1) is 0 Å². The highest BCUT2D eigenvalue weighted by Crippen LogP contribution is 2.29. The van der Waals surface area contributed by atoms with Crippen molar-refractivity contribution in [1.29, 1.82) is 0 Å². The van der Waals surface area contributed by atoms with Crippen molar-refractivity contribution >= 4 is 45.8 Å². The van der Waals surface area contributed by atoms with Gasteiger partial charge in [0.25, 0.3) is 5.91 Å². The molecule has 0 bridgehead atoms. The van der Waals surface area contributed by atoms with E-state index in [2.05, 4.69) is 15.6 Å². The van der Waals surface area contributed by atoms with E-state index in [1.807, 2.05) is 0 Å². The first-order chi connectivity index (χ1) is 18.0. The second kappa shape index (κ2) is 13.4. The molecule has 0 radical (unpaired) electrons. The number of hydrogen-bond acceptors (Lipinski definition) is 6. The summed E-state index contributed by atoms with van der Waals surface area (Å²) in [6.07, 6.45) is -4.59. The predicted octanol–water partition coefficient (Wildman–Crippen LogP) is 4.40. The molecule has 0 aliphatic rings. The number of ether oxygens (including phenoxy) is 1. The lowest BCUT2D eigenvalue weighted by molar-refractivity contribution is -0.137. The van der Waals surface area contributed by atoms with E-state index in [4.69, 9.17) is 16.3 Å². The third kappa shape index (κ3) is 8.82. The third-order valence-electron chi connectivity index (χ3n) is 5.16. The van der Waals surface area contributed by atoms with Crippen molar-refractivity contribution in [3.8, 4) is 0 Å². The zero-order chi connectivity index (χ0) is 27.7. The Kier molecular flexibility index (Phi) is 10.2. The number of halogens is 4. The number of nitrogens with one attached hydrogen (secondary N) is 2. The molecule has 0 spiro atoms. The minimum Gasteiger partial charge on any atom is -0.383 e. The fourth-order valence-electron chi connectivity index (χ4n) is 3.29. The predicted molar refractivity (Wildman–Crippen MR) is 137 cm³/mol. The zero-order valence-electron chi connectivity index (χ0n) is 20.2. The van der Waals surface area contributed by atoms with E-state index >= 15 is 0 Å². The molecule has 0 atom stereocenters. The van der Waals surface area contributed by atoms with E-state index < -0.39 is 23.6 Å². The molecule has 2 aromatic carbocycles. The number of methoxy groups -OCH3 is 1. The summed E-state index contributed by atoms with van der Waals surface area (Å²) < 4.78 is 43.6. The molecule has 3 rings (SSSR count). The van der Waals surface area contributed by atoms with Crippen LogP contribution in [0.5, 0.6) is 0 Å². The molecule has 0 saturated heterocycles. The van der Waals surface area contributed by atoms with Crippen molar-refractivity contribution in [2.24, 2.45) is 0 Å². The highest BCUT2D eigenvalue weighted by Gasteiger charge is 2.30. The van der Waals surface area contributed by atoms with Gasteiger partial charge in [-0.25, -0.2) is 4.98 Å². The Morgan fingerprint density at radius 3 is 2.53 bits per heavy atom. The second-order valence-electron chi connectivity index (χ2n) is 8.07. The minimum atomic E-state index is -4.47. The number of thiazole rings is 1. The monoisotopic (exact) mass is 568 g/mol. The van der Waals surface area contributed by atoms with Crippen LogP contribution >= 0.6 is 22.9 Å². The quantitative estimate of drug-likeness (QED) is 0.357. The number of nitrogens with zero attached hydrogens (tertiary/aromatic N) is 2. The molecule has 13 heteroatoms. The normalized spacial score (nSPS) is 11.2. The van der Waals surface area contributed by atoms with Crippen molar-refractivity contribution in [2.75, 3.05) is 32.1 Å². The van der Waals surface area contributed by atoms with Gasteiger partial charge in [-0.05, 0) is 42.0 Å². The topological polar surface area (TPSA) is 101 Å². The zero-order valence-corrected chi connectivity index (χ0v) is 21.8. The fourth-order valence-corrected chi connectivity index (χ4v) is 4.14. The summed E-state index contributed by atoms with van der Waals surface area (Å²) in [6, 6.07) is 11.0. The van der Waals surface area contributed by atoms with Crippen molar-refractivity contribution < 1.29 is 32.3 Å². The Labute approximate surface area is 225 Å². The van der Waals surface area contributed by atoms with E-state index in [9.17, 15) is 27.6 Å². The minimum absolute atomic E-state index is 0.0740. The van der Waals surface area contributed by atoms with Crippen LogP contribution in [0.25, 0.3) is 0 Å². The van der Waals surface area contributed by atoms with Crippen LogP contribution in [0.15, 0.2) is 53.9 Å². The van der Waals surface area contributed by atoms with E-state index in [1.165, 1.54) is 24.1 Å². The number of anilines is 1. The van der Waals surface area contributed by atoms with E-state index in [-0.39, 0.29) is 43.7 Å². The molecule has 3 amide bonds. The molecule has 0 aliphatic carbocycles. The molecule has 202 valence electrons. The van der Waals surface area contributed by atoms with E-state index in [1.54, 1.807) is 29.6 Å². The molecule has 1 aromatic heterocycles. The summed E-state index contributed by atoms with van der Waals surface area (Å²) in [7, 11) is 1.48. The Morgan fingerprint density at radius 2 is 1.84 bits per heavy atom. The van der Waals surface area contributed by atoms with Gasteiger partial charge in [-0.2, -0.15) is 13.2 Å². The lowest BCUT2D eigenvalue weighted by Gasteiger charge is -2.21. The number of hydrogen-bond donors (Lipinski definition) is 2. The number of carbonyl (C=O) groups excluding carboxylic acids is 3.